The predicted molar refractivity (Wildman–Crippen MR) is 115 cm³/mol. The molecule has 2 aromatic rings. The van der Waals surface area contributed by atoms with Gasteiger partial charge in [0.15, 0.2) is 0 Å². The van der Waals surface area contributed by atoms with E-state index in [4.69, 9.17) is 0 Å². The summed E-state index contributed by atoms with van der Waals surface area (Å²) in [5, 5.41) is 3.22. The van der Waals surface area contributed by atoms with Gasteiger partial charge in [0.2, 0.25) is 5.91 Å². The quantitative estimate of drug-likeness (QED) is 0.774. The standard InChI is InChI=1S/C23H30N2OS/c1-18-7-9-20(10-8-18)16-27-17-23(26)24-22-11-13-25(14-12-22)15-21-6-4-3-5-19(21)2/h3-10,22H,11-17H2,1-2H3,(H,24,26). The first kappa shape index (κ1) is 20.0. The van der Waals surface area contributed by atoms with Crippen molar-refractivity contribution >= 4 is 17.7 Å². The first-order valence-corrected chi connectivity index (χ1v) is 10.9. The normalized spacial score (nSPS) is 15.6. The molecule has 1 heterocycles. The second-order valence-corrected chi connectivity index (χ2v) is 8.51. The van der Waals surface area contributed by atoms with E-state index in [-0.39, 0.29) is 5.91 Å². The fraction of sp³-hybridized carbons (Fsp3) is 0.435. The van der Waals surface area contributed by atoms with Crippen LogP contribution in [0.5, 0.6) is 0 Å². The smallest absolute Gasteiger partial charge is 0.230 e. The van der Waals surface area contributed by atoms with Gasteiger partial charge in [0.05, 0.1) is 5.75 Å². The highest BCUT2D eigenvalue weighted by Crippen LogP contribution is 2.17. The summed E-state index contributed by atoms with van der Waals surface area (Å²) in [5.41, 5.74) is 5.32. The molecule has 27 heavy (non-hydrogen) atoms. The Balaban J connectivity index is 1.34. The Morgan fingerprint density at radius 3 is 2.48 bits per heavy atom. The number of benzene rings is 2. The molecule has 3 rings (SSSR count). The molecule has 1 fully saturated rings. The van der Waals surface area contributed by atoms with Crippen molar-refractivity contribution in [3.8, 4) is 0 Å². The fourth-order valence-corrected chi connectivity index (χ4v) is 4.28. The zero-order valence-electron chi connectivity index (χ0n) is 16.4. The summed E-state index contributed by atoms with van der Waals surface area (Å²) in [4.78, 5) is 14.7. The van der Waals surface area contributed by atoms with Crippen LogP contribution >= 0.6 is 11.8 Å². The second-order valence-electron chi connectivity index (χ2n) is 7.52. The minimum atomic E-state index is 0.171. The summed E-state index contributed by atoms with van der Waals surface area (Å²) < 4.78 is 0. The average Bonchev–Trinajstić information content (AvgIpc) is 2.67. The van der Waals surface area contributed by atoms with E-state index in [9.17, 15) is 4.79 Å². The van der Waals surface area contributed by atoms with Crippen LogP contribution in [0.25, 0.3) is 0 Å². The van der Waals surface area contributed by atoms with Gasteiger partial charge in [-0.1, -0.05) is 54.1 Å². The molecule has 1 N–H and O–H groups in total. The summed E-state index contributed by atoms with van der Waals surface area (Å²) in [6.07, 6.45) is 2.08. The highest BCUT2D eigenvalue weighted by Gasteiger charge is 2.20. The third-order valence-electron chi connectivity index (χ3n) is 5.23. The van der Waals surface area contributed by atoms with Gasteiger partial charge in [0, 0.05) is 31.4 Å². The molecular formula is C23H30N2OS. The molecule has 0 atom stereocenters. The Bertz CT molecular complexity index is 736. The lowest BCUT2D eigenvalue weighted by atomic mass is 10.0. The fourth-order valence-electron chi connectivity index (χ4n) is 3.48. The van der Waals surface area contributed by atoms with E-state index in [1.807, 2.05) is 0 Å². The largest absolute Gasteiger partial charge is 0.353 e. The third kappa shape index (κ3) is 6.40. The van der Waals surface area contributed by atoms with Gasteiger partial charge in [-0.3, -0.25) is 9.69 Å². The molecule has 4 heteroatoms. The van der Waals surface area contributed by atoms with Crippen molar-refractivity contribution in [2.45, 2.75) is 45.0 Å². The van der Waals surface area contributed by atoms with Crippen LogP contribution in [0.1, 0.15) is 35.1 Å². The van der Waals surface area contributed by atoms with Gasteiger partial charge in [0.1, 0.15) is 0 Å². The van der Waals surface area contributed by atoms with Crippen molar-refractivity contribution in [2.24, 2.45) is 0 Å². The summed E-state index contributed by atoms with van der Waals surface area (Å²) in [6.45, 7) is 7.39. The molecule has 0 unspecified atom stereocenters. The molecule has 1 aliphatic rings. The lowest BCUT2D eigenvalue weighted by molar-refractivity contribution is -0.119. The molecule has 144 valence electrons. The molecular weight excluding hydrogens is 352 g/mol. The van der Waals surface area contributed by atoms with Gasteiger partial charge >= 0.3 is 0 Å². The van der Waals surface area contributed by atoms with Crippen molar-refractivity contribution in [1.82, 2.24) is 10.2 Å². The maximum atomic E-state index is 12.2. The van der Waals surface area contributed by atoms with Crippen LogP contribution in [0, 0.1) is 13.8 Å². The number of likely N-dealkylation sites (tertiary alicyclic amines) is 1. The predicted octanol–water partition coefficient (Wildman–Crippen LogP) is 4.32. The third-order valence-corrected chi connectivity index (χ3v) is 6.23. The van der Waals surface area contributed by atoms with Gasteiger partial charge in [-0.2, -0.15) is 0 Å². The topological polar surface area (TPSA) is 32.3 Å². The van der Waals surface area contributed by atoms with Crippen LogP contribution in [0.2, 0.25) is 0 Å². The van der Waals surface area contributed by atoms with Crippen molar-refractivity contribution in [1.29, 1.82) is 0 Å². The number of amides is 1. The lowest BCUT2D eigenvalue weighted by Gasteiger charge is -2.32. The number of rotatable bonds is 7. The first-order valence-electron chi connectivity index (χ1n) is 9.79. The zero-order chi connectivity index (χ0) is 19.1. The summed E-state index contributed by atoms with van der Waals surface area (Å²) >= 11 is 1.69. The Hall–Kier alpha value is -1.78. The van der Waals surface area contributed by atoms with Crippen LogP contribution in [0.3, 0.4) is 0 Å². The number of thioether (sulfide) groups is 1. The number of hydrogen-bond acceptors (Lipinski definition) is 3. The minimum Gasteiger partial charge on any atom is -0.353 e. The summed E-state index contributed by atoms with van der Waals surface area (Å²) in [5.74, 6) is 1.60. The number of carbonyl (C=O) groups is 1. The molecule has 2 aromatic carbocycles. The van der Waals surface area contributed by atoms with E-state index in [0.29, 0.717) is 11.8 Å². The van der Waals surface area contributed by atoms with Gasteiger partial charge in [-0.05, 0) is 43.4 Å². The van der Waals surface area contributed by atoms with Gasteiger partial charge in [-0.25, -0.2) is 0 Å². The maximum Gasteiger partial charge on any atom is 0.230 e. The van der Waals surface area contributed by atoms with E-state index in [2.05, 4.69) is 72.6 Å². The number of piperidine rings is 1. The van der Waals surface area contributed by atoms with Crippen molar-refractivity contribution in [3.63, 3.8) is 0 Å². The number of carbonyl (C=O) groups excluding carboxylic acids is 1. The molecule has 0 spiro atoms. The SMILES string of the molecule is Cc1ccc(CSCC(=O)NC2CCN(Cc3ccccc3C)CC2)cc1. The summed E-state index contributed by atoms with van der Waals surface area (Å²) in [7, 11) is 0. The monoisotopic (exact) mass is 382 g/mol. The minimum absolute atomic E-state index is 0.171. The van der Waals surface area contributed by atoms with Crippen LogP contribution in [0.15, 0.2) is 48.5 Å². The number of hydrogen-bond donors (Lipinski definition) is 1. The number of nitrogens with one attached hydrogen (secondary N) is 1. The molecule has 0 radical (unpaired) electrons. The maximum absolute atomic E-state index is 12.2. The highest BCUT2D eigenvalue weighted by atomic mass is 32.2. The van der Waals surface area contributed by atoms with Gasteiger partial charge < -0.3 is 5.32 Å². The first-order chi connectivity index (χ1) is 13.1. The number of aryl methyl sites for hydroxylation is 2. The summed E-state index contributed by atoms with van der Waals surface area (Å²) in [6, 6.07) is 17.5. The molecule has 1 saturated heterocycles. The van der Waals surface area contributed by atoms with E-state index >= 15 is 0 Å². The Morgan fingerprint density at radius 2 is 1.78 bits per heavy atom. The second kappa shape index (κ2) is 9.95. The van der Waals surface area contributed by atoms with E-state index in [1.165, 1.54) is 22.3 Å². The number of nitrogens with zero attached hydrogens (tertiary/aromatic N) is 1. The molecule has 0 aromatic heterocycles. The molecule has 0 bridgehead atoms. The molecule has 0 saturated carbocycles. The van der Waals surface area contributed by atoms with Gasteiger partial charge in [0.25, 0.3) is 0 Å². The van der Waals surface area contributed by atoms with Crippen LogP contribution in [-0.4, -0.2) is 35.7 Å². The molecule has 0 aliphatic carbocycles. The Morgan fingerprint density at radius 1 is 1.07 bits per heavy atom. The molecule has 3 nitrogen and oxygen atoms in total. The zero-order valence-corrected chi connectivity index (χ0v) is 17.2. The Labute approximate surface area is 167 Å². The Kier molecular flexibility index (Phi) is 7.36. The lowest BCUT2D eigenvalue weighted by Crippen LogP contribution is -2.44. The van der Waals surface area contributed by atoms with Crippen molar-refractivity contribution in [3.05, 3.63) is 70.8 Å². The van der Waals surface area contributed by atoms with E-state index in [1.54, 1.807) is 11.8 Å². The van der Waals surface area contributed by atoms with Crippen molar-refractivity contribution < 1.29 is 4.79 Å². The van der Waals surface area contributed by atoms with Crippen LogP contribution in [0.4, 0.5) is 0 Å². The van der Waals surface area contributed by atoms with E-state index in [0.717, 1.165) is 38.2 Å². The van der Waals surface area contributed by atoms with Crippen LogP contribution in [-0.2, 0) is 17.1 Å². The molecule has 1 aliphatic heterocycles. The van der Waals surface area contributed by atoms with Crippen LogP contribution < -0.4 is 5.32 Å². The van der Waals surface area contributed by atoms with Crippen molar-refractivity contribution in [2.75, 3.05) is 18.8 Å². The van der Waals surface area contributed by atoms with Gasteiger partial charge in [-0.15, -0.1) is 11.8 Å². The van der Waals surface area contributed by atoms with E-state index < -0.39 is 0 Å². The average molecular weight is 383 g/mol. The molecule has 1 amide bonds. The highest BCUT2D eigenvalue weighted by molar-refractivity contribution is 7.99.